The van der Waals surface area contributed by atoms with Crippen molar-refractivity contribution in [3.8, 4) is 5.75 Å². The van der Waals surface area contributed by atoms with E-state index < -0.39 is 6.61 Å². The molecule has 0 unspecified atom stereocenters. The van der Waals surface area contributed by atoms with Gasteiger partial charge in [-0.3, -0.25) is 9.48 Å². The van der Waals surface area contributed by atoms with Crippen LogP contribution in [0.15, 0.2) is 30.6 Å². The van der Waals surface area contributed by atoms with Crippen molar-refractivity contribution in [2.45, 2.75) is 33.4 Å². The number of aromatic nitrogens is 2. The number of halogens is 2. The van der Waals surface area contributed by atoms with Crippen LogP contribution in [0.4, 0.5) is 14.5 Å². The lowest BCUT2D eigenvalue weighted by atomic mass is 10.2. The maximum Gasteiger partial charge on any atom is 0.387 e. The predicted octanol–water partition coefficient (Wildman–Crippen LogP) is 3.13. The molecule has 0 fully saturated rings. The molecule has 0 aliphatic rings. The number of amides is 1. The van der Waals surface area contributed by atoms with Crippen LogP contribution in [0.5, 0.6) is 5.75 Å². The van der Waals surface area contributed by atoms with Gasteiger partial charge in [-0.15, -0.1) is 0 Å². The number of rotatable bonds is 6. The van der Waals surface area contributed by atoms with Crippen molar-refractivity contribution in [1.29, 1.82) is 0 Å². The molecule has 7 heteroatoms. The Kier molecular flexibility index (Phi) is 5.08. The standard InChI is InChI=1S/C15H17F2N3O2/c1-10-3-4-13(22-15(16)17)12(7-10)19-14(21)5-6-20-9-11(2)8-18-20/h3-4,7-9,15H,5-6H2,1-2H3,(H,19,21). The minimum absolute atomic E-state index is 0.0520. The van der Waals surface area contributed by atoms with Gasteiger partial charge in [0.2, 0.25) is 5.91 Å². The van der Waals surface area contributed by atoms with Gasteiger partial charge in [0.25, 0.3) is 0 Å². The first-order chi connectivity index (χ1) is 10.4. The van der Waals surface area contributed by atoms with Crippen LogP contribution in [0.25, 0.3) is 0 Å². The van der Waals surface area contributed by atoms with Gasteiger partial charge in [-0.05, 0) is 37.1 Å². The van der Waals surface area contributed by atoms with E-state index in [9.17, 15) is 13.6 Å². The van der Waals surface area contributed by atoms with Crippen molar-refractivity contribution >= 4 is 11.6 Å². The number of nitrogens with one attached hydrogen (secondary N) is 1. The molecule has 0 aliphatic carbocycles. The summed E-state index contributed by atoms with van der Waals surface area (Å²) in [4.78, 5) is 11.9. The van der Waals surface area contributed by atoms with E-state index in [1.54, 1.807) is 29.9 Å². The molecule has 1 heterocycles. The molecule has 1 N–H and O–H groups in total. The highest BCUT2D eigenvalue weighted by Gasteiger charge is 2.12. The van der Waals surface area contributed by atoms with Gasteiger partial charge in [0.1, 0.15) is 5.75 Å². The Morgan fingerprint density at radius 1 is 1.36 bits per heavy atom. The molecule has 1 aromatic carbocycles. The first kappa shape index (κ1) is 15.9. The number of ether oxygens (including phenoxy) is 1. The molecule has 22 heavy (non-hydrogen) atoms. The molecule has 0 aliphatic heterocycles. The fourth-order valence-corrected chi connectivity index (χ4v) is 1.96. The van der Waals surface area contributed by atoms with Crippen molar-refractivity contribution < 1.29 is 18.3 Å². The molecular formula is C15H17F2N3O2. The van der Waals surface area contributed by atoms with E-state index in [0.717, 1.165) is 11.1 Å². The molecule has 0 radical (unpaired) electrons. The summed E-state index contributed by atoms with van der Waals surface area (Å²) in [5.41, 5.74) is 2.08. The van der Waals surface area contributed by atoms with Crippen LogP contribution in [0, 0.1) is 13.8 Å². The number of hydrogen-bond donors (Lipinski definition) is 1. The summed E-state index contributed by atoms with van der Waals surface area (Å²) in [6, 6.07) is 4.64. The average Bonchev–Trinajstić information content (AvgIpc) is 2.85. The number of alkyl halides is 2. The molecule has 118 valence electrons. The highest BCUT2D eigenvalue weighted by molar-refractivity contribution is 5.92. The van der Waals surface area contributed by atoms with Gasteiger partial charge in [-0.2, -0.15) is 13.9 Å². The maximum absolute atomic E-state index is 12.4. The Morgan fingerprint density at radius 3 is 2.77 bits per heavy atom. The molecule has 1 aromatic heterocycles. The number of anilines is 1. The lowest BCUT2D eigenvalue weighted by Crippen LogP contribution is -2.16. The lowest BCUT2D eigenvalue weighted by Gasteiger charge is -2.12. The van der Waals surface area contributed by atoms with Gasteiger partial charge in [0, 0.05) is 19.2 Å². The third kappa shape index (κ3) is 4.54. The largest absolute Gasteiger partial charge is 0.433 e. The van der Waals surface area contributed by atoms with Crippen LogP contribution in [-0.4, -0.2) is 22.3 Å². The first-order valence-corrected chi connectivity index (χ1v) is 6.78. The Morgan fingerprint density at radius 2 is 2.14 bits per heavy atom. The molecule has 0 saturated carbocycles. The van der Waals surface area contributed by atoms with E-state index in [4.69, 9.17) is 0 Å². The number of carbonyl (C=O) groups is 1. The SMILES string of the molecule is Cc1ccc(OC(F)F)c(NC(=O)CCn2cc(C)cn2)c1. The number of carbonyl (C=O) groups excluding carboxylic acids is 1. The Bertz CT molecular complexity index is 656. The van der Waals surface area contributed by atoms with Crippen molar-refractivity contribution in [3.63, 3.8) is 0 Å². The summed E-state index contributed by atoms with van der Waals surface area (Å²) in [7, 11) is 0. The van der Waals surface area contributed by atoms with Gasteiger partial charge in [0.05, 0.1) is 11.9 Å². The van der Waals surface area contributed by atoms with Crippen LogP contribution < -0.4 is 10.1 Å². The quantitative estimate of drug-likeness (QED) is 0.892. The molecule has 0 saturated heterocycles. The summed E-state index contributed by atoms with van der Waals surface area (Å²) < 4.78 is 30.8. The van der Waals surface area contributed by atoms with Crippen molar-refractivity contribution in [3.05, 3.63) is 41.7 Å². The second-order valence-electron chi connectivity index (χ2n) is 4.96. The number of benzene rings is 1. The normalized spacial score (nSPS) is 10.8. The number of nitrogens with zero attached hydrogens (tertiary/aromatic N) is 2. The highest BCUT2D eigenvalue weighted by atomic mass is 19.3. The first-order valence-electron chi connectivity index (χ1n) is 6.78. The second kappa shape index (κ2) is 7.02. The Hall–Kier alpha value is -2.44. The van der Waals surface area contributed by atoms with Crippen molar-refractivity contribution in [1.82, 2.24) is 9.78 Å². The fraction of sp³-hybridized carbons (Fsp3) is 0.333. The third-order valence-electron chi connectivity index (χ3n) is 2.96. The molecule has 2 rings (SSSR count). The molecule has 5 nitrogen and oxygen atoms in total. The van der Waals surface area contributed by atoms with Gasteiger partial charge < -0.3 is 10.1 Å². The zero-order valence-corrected chi connectivity index (χ0v) is 12.3. The number of aryl methyl sites for hydroxylation is 3. The maximum atomic E-state index is 12.4. The van der Waals surface area contributed by atoms with E-state index in [1.807, 2.05) is 13.1 Å². The Labute approximate surface area is 126 Å². The van der Waals surface area contributed by atoms with Crippen molar-refractivity contribution in [2.75, 3.05) is 5.32 Å². The average molecular weight is 309 g/mol. The van der Waals surface area contributed by atoms with Gasteiger partial charge in [0.15, 0.2) is 0 Å². The van der Waals surface area contributed by atoms with Gasteiger partial charge in [-0.1, -0.05) is 6.07 Å². The van der Waals surface area contributed by atoms with Gasteiger partial charge >= 0.3 is 6.61 Å². The molecule has 1 amide bonds. The zero-order valence-electron chi connectivity index (χ0n) is 12.3. The molecule has 0 atom stereocenters. The number of hydrogen-bond acceptors (Lipinski definition) is 3. The van der Waals surface area contributed by atoms with E-state index in [0.29, 0.717) is 6.54 Å². The molecular weight excluding hydrogens is 292 g/mol. The summed E-state index contributed by atoms with van der Waals surface area (Å²) in [5, 5.41) is 6.67. The van der Waals surface area contributed by atoms with Crippen LogP contribution in [0.2, 0.25) is 0 Å². The topological polar surface area (TPSA) is 56.1 Å². The van der Waals surface area contributed by atoms with E-state index in [2.05, 4.69) is 15.2 Å². The molecule has 2 aromatic rings. The van der Waals surface area contributed by atoms with E-state index in [1.165, 1.54) is 6.07 Å². The summed E-state index contributed by atoms with van der Waals surface area (Å²) in [6.45, 7) is 1.18. The predicted molar refractivity (Wildman–Crippen MR) is 78.0 cm³/mol. The molecule has 0 bridgehead atoms. The minimum atomic E-state index is -2.94. The summed E-state index contributed by atoms with van der Waals surface area (Å²) in [5.74, 6) is -0.346. The monoisotopic (exact) mass is 309 g/mol. The van der Waals surface area contributed by atoms with E-state index >= 15 is 0 Å². The molecule has 0 spiro atoms. The summed E-state index contributed by atoms with van der Waals surface area (Å²) in [6.07, 6.45) is 3.71. The lowest BCUT2D eigenvalue weighted by molar-refractivity contribution is -0.116. The van der Waals surface area contributed by atoms with E-state index in [-0.39, 0.29) is 23.8 Å². The second-order valence-corrected chi connectivity index (χ2v) is 4.96. The zero-order chi connectivity index (χ0) is 16.1. The minimum Gasteiger partial charge on any atom is -0.433 e. The van der Waals surface area contributed by atoms with Crippen molar-refractivity contribution in [2.24, 2.45) is 0 Å². The van der Waals surface area contributed by atoms with Crippen LogP contribution in [0.3, 0.4) is 0 Å². The van der Waals surface area contributed by atoms with Crippen LogP contribution >= 0.6 is 0 Å². The van der Waals surface area contributed by atoms with Gasteiger partial charge in [-0.25, -0.2) is 0 Å². The smallest absolute Gasteiger partial charge is 0.387 e. The summed E-state index contributed by atoms with van der Waals surface area (Å²) >= 11 is 0. The third-order valence-corrected chi connectivity index (χ3v) is 2.96. The Balaban J connectivity index is 1.99. The highest BCUT2D eigenvalue weighted by Crippen LogP contribution is 2.27. The van der Waals surface area contributed by atoms with Crippen LogP contribution in [0.1, 0.15) is 17.5 Å². The fourth-order valence-electron chi connectivity index (χ4n) is 1.96. The van der Waals surface area contributed by atoms with Crippen LogP contribution in [-0.2, 0) is 11.3 Å².